The standard InChI is InChI=1S/C24H22INO5/c1-5-31-24(28)18-12(2)26-21-14-8-6-7-9-15(14)22(27)20(21)19(18)13-10-16(25)23(30-4)17(11-13)29-3/h6-11,19,26H,5H2,1-4H3/t19-/m1/s1. The van der Waals surface area contributed by atoms with Crippen LogP contribution < -0.4 is 14.8 Å². The zero-order valence-electron chi connectivity index (χ0n) is 17.7. The van der Waals surface area contributed by atoms with Gasteiger partial charge in [-0.2, -0.15) is 0 Å². The topological polar surface area (TPSA) is 73.9 Å². The van der Waals surface area contributed by atoms with Crippen molar-refractivity contribution in [1.29, 1.82) is 0 Å². The molecule has 6 nitrogen and oxygen atoms in total. The quantitative estimate of drug-likeness (QED) is 0.455. The van der Waals surface area contributed by atoms with Gasteiger partial charge in [0.05, 0.1) is 35.7 Å². The summed E-state index contributed by atoms with van der Waals surface area (Å²) in [7, 11) is 3.14. The number of methoxy groups -OCH3 is 2. The van der Waals surface area contributed by atoms with E-state index in [1.165, 1.54) is 0 Å². The average molecular weight is 531 g/mol. The molecule has 160 valence electrons. The predicted molar refractivity (Wildman–Crippen MR) is 125 cm³/mol. The van der Waals surface area contributed by atoms with Gasteiger partial charge in [0.1, 0.15) is 0 Å². The molecule has 0 bridgehead atoms. The second-order valence-corrected chi connectivity index (χ2v) is 8.38. The summed E-state index contributed by atoms with van der Waals surface area (Å²) in [6.45, 7) is 3.84. The molecule has 2 aromatic carbocycles. The van der Waals surface area contributed by atoms with Gasteiger partial charge in [-0.15, -0.1) is 0 Å². The fraction of sp³-hybridized carbons (Fsp3) is 0.250. The smallest absolute Gasteiger partial charge is 0.336 e. The lowest BCUT2D eigenvalue weighted by Gasteiger charge is -2.29. The van der Waals surface area contributed by atoms with Crippen molar-refractivity contribution in [2.24, 2.45) is 0 Å². The zero-order chi connectivity index (χ0) is 22.3. The van der Waals surface area contributed by atoms with Crippen LogP contribution in [0.5, 0.6) is 11.5 Å². The average Bonchev–Trinajstić information content (AvgIpc) is 3.04. The normalized spacial score (nSPS) is 17.2. The van der Waals surface area contributed by atoms with E-state index < -0.39 is 11.9 Å². The molecule has 0 spiro atoms. The van der Waals surface area contributed by atoms with Crippen LogP contribution in [0.1, 0.15) is 41.3 Å². The largest absolute Gasteiger partial charge is 0.493 e. The molecule has 1 N–H and O–H groups in total. The van der Waals surface area contributed by atoms with Crippen LogP contribution in [-0.2, 0) is 9.53 Å². The maximum atomic E-state index is 13.5. The van der Waals surface area contributed by atoms with E-state index in [1.54, 1.807) is 21.1 Å². The number of hydrogen-bond donors (Lipinski definition) is 1. The number of fused-ring (bicyclic) bond motifs is 2. The molecule has 0 saturated heterocycles. The summed E-state index contributed by atoms with van der Waals surface area (Å²) >= 11 is 2.17. The van der Waals surface area contributed by atoms with Crippen molar-refractivity contribution in [1.82, 2.24) is 5.32 Å². The number of allylic oxidation sites excluding steroid dienone is 2. The Morgan fingerprint density at radius 3 is 2.48 bits per heavy atom. The number of halogens is 1. The molecule has 0 saturated carbocycles. The number of benzene rings is 2. The first-order chi connectivity index (χ1) is 14.9. The third-order valence-corrected chi connectivity index (χ3v) is 6.33. The number of Topliss-reactive ketones (excluding diaryl/α,β-unsaturated/α-hetero) is 1. The molecule has 0 amide bonds. The van der Waals surface area contributed by atoms with Crippen molar-refractivity contribution in [2.45, 2.75) is 19.8 Å². The second-order valence-electron chi connectivity index (χ2n) is 7.22. The molecule has 1 aliphatic carbocycles. The van der Waals surface area contributed by atoms with Crippen LogP contribution in [0.2, 0.25) is 0 Å². The molecule has 2 aliphatic rings. The van der Waals surface area contributed by atoms with Crippen LogP contribution in [-0.4, -0.2) is 32.6 Å². The van der Waals surface area contributed by atoms with E-state index >= 15 is 0 Å². The number of hydrogen-bond acceptors (Lipinski definition) is 6. The number of nitrogens with one attached hydrogen (secondary N) is 1. The highest BCUT2D eigenvalue weighted by Crippen LogP contribution is 2.48. The van der Waals surface area contributed by atoms with Crippen LogP contribution in [0, 0.1) is 3.57 Å². The molecule has 0 fully saturated rings. The highest BCUT2D eigenvalue weighted by atomic mass is 127. The maximum Gasteiger partial charge on any atom is 0.336 e. The van der Waals surface area contributed by atoms with Gasteiger partial charge < -0.3 is 19.5 Å². The molecule has 0 unspecified atom stereocenters. The number of carbonyl (C=O) groups excluding carboxylic acids is 2. The van der Waals surface area contributed by atoms with Gasteiger partial charge in [-0.25, -0.2) is 4.79 Å². The van der Waals surface area contributed by atoms with E-state index in [0.29, 0.717) is 33.9 Å². The van der Waals surface area contributed by atoms with Gasteiger partial charge in [-0.3, -0.25) is 4.79 Å². The Hall–Kier alpha value is -2.81. The first-order valence-corrected chi connectivity index (χ1v) is 10.9. The van der Waals surface area contributed by atoms with E-state index in [9.17, 15) is 9.59 Å². The number of esters is 1. The number of ketones is 1. The molecule has 0 radical (unpaired) electrons. The van der Waals surface area contributed by atoms with Gasteiger partial charge in [0.15, 0.2) is 17.3 Å². The van der Waals surface area contributed by atoms with Crippen molar-refractivity contribution < 1.29 is 23.8 Å². The summed E-state index contributed by atoms with van der Waals surface area (Å²) in [6.07, 6.45) is 0. The Balaban J connectivity index is 1.97. The van der Waals surface area contributed by atoms with E-state index in [2.05, 4.69) is 27.9 Å². The first kappa shape index (κ1) is 21.4. The highest BCUT2D eigenvalue weighted by Gasteiger charge is 2.43. The van der Waals surface area contributed by atoms with Crippen LogP contribution >= 0.6 is 22.6 Å². The molecule has 4 rings (SSSR count). The minimum absolute atomic E-state index is 0.0952. The van der Waals surface area contributed by atoms with Crippen molar-refractivity contribution >= 4 is 40.0 Å². The van der Waals surface area contributed by atoms with Gasteiger partial charge in [0.2, 0.25) is 0 Å². The van der Waals surface area contributed by atoms with E-state index in [0.717, 1.165) is 20.4 Å². The van der Waals surface area contributed by atoms with Gasteiger partial charge in [0.25, 0.3) is 0 Å². The monoisotopic (exact) mass is 531 g/mol. The number of carbonyl (C=O) groups is 2. The lowest BCUT2D eigenvalue weighted by Crippen LogP contribution is -2.29. The van der Waals surface area contributed by atoms with E-state index in [-0.39, 0.29) is 12.4 Å². The summed E-state index contributed by atoms with van der Waals surface area (Å²) in [4.78, 5) is 26.5. The van der Waals surface area contributed by atoms with Crippen molar-refractivity contribution in [3.05, 3.63) is 73.5 Å². The Bertz CT molecular complexity index is 1160. The Labute approximate surface area is 194 Å². The number of ether oxygens (including phenoxy) is 3. The molecule has 1 aliphatic heterocycles. The van der Waals surface area contributed by atoms with E-state index in [1.807, 2.05) is 43.3 Å². The van der Waals surface area contributed by atoms with Gasteiger partial charge in [0, 0.05) is 28.3 Å². The molecule has 7 heteroatoms. The summed E-state index contributed by atoms with van der Waals surface area (Å²) in [5, 5.41) is 3.30. The zero-order valence-corrected chi connectivity index (χ0v) is 19.8. The van der Waals surface area contributed by atoms with Crippen LogP contribution in [0.4, 0.5) is 0 Å². The van der Waals surface area contributed by atoms with E-state index in [4.69, 9.17) is 14.2 Å². The van der Waals surface area contributed by atoms with Crippen molar-refractivity contribution in [3.63, 3.8) is 0 Å². The summed E-state index contributed by atoms with van der Waals surface area (Å²) in [5.41, 5.74) is 4.59. The van der Waals surface area contributed by atoms with Gasteiger partial charge in [-0.05, 0) is 54.1 Å². The fourth-order valence-electron chi connectivity index (χ4n) is 4.25. The van der Waals surface area contributed by atoms with Crippen molar-refractivity contribution in [3.8, 4) is 11.5 Å². The lowest BCUT2D eigenvalue weighted by molar-refractivity contribution is -0.138. The van der Waals surface area contributed by atoms with Crippen molar-refractivity contribution in [2.75, 3.05) is 20.8 Å². The van der Waals surface area contributed by atoms with Gasteiger partial charge in [-0.1, -0.05) is 24.3 Å². The fourth-order valence-corrected chi connectivity index (χ4v) is 5.09. The number of rotatable bonds is 5. The first-order valence-electron chi connectivity index (χ1n) is 9.87. The summed E-state index contributed by atoms with van der Waals surface area (Å²) < 4.78 is 17.2. The van der Waals surface area contributed by atoms with Crippen LogP contribution in [0.3, 0.4) is 0 Å². The van der Waals surface area contributed by atoms with Gasteiger partial charge >= 0.3 is 5.97 Å². The van der Waals surface area contributed by atoms with Crippen LogP contribution in [0.25, 0.3) is 5.70 Å². The highest BCUT2D eigenvalue weighted by molar-refractivity contribution is 14.1. The molecular weight excluding hydrogens is 509 g/mol. The molecule has 1 atom stereocenters. The summed E-state index contributed by atoms with van der Waals surface area (Å²) in [5.74, 6) is 0.00614. The Morgan fingerprint density at radius 2 is 1.84 bits per heavy atom. The summed E-state index contributed by atoms with van der Waals surface area (Å²) in [6, 6.07) is 11.2. The predicted octanol–water partition coefficient (Wildman–Crippen LogP) is 4.44. The minimum atomic E-state index is -0.594. The molecular formula is C24H22INO5. The second kappa shape index (κ2) is 8.37. The third-order valence-electron chi connectivity index (χ3n) is 5.53. The molecule has 1 heterocycles. The Kier molecular flexibility index (Phi) is 5.79. The third kappa shape index (κ3) is 3.40. The molecule has 2 aromatic rings. The van der Waals surface area contributed by atoms with Crippen LogP contribution in [0.15, 0.2) is 53.2 Å². The molecule has 31 heavy (non-hydrogen) atoms. The maximum absolute atomic E-state index is 13.5. The minimum Gasteiger partial charge on any atom is -0.493 e. The Morgan fingerprint density at radius 1 is 1.13 bits per heavy atom. The SMILES string of the molecule is CCOC(=O)C1=C(C)NC2=C(C(=O)c3ccccc32)[C@@H]1c1cc(I)c(OC)c(OC)c1. The lowest BCUT2D eigenvalue weighted by atomic mass is 9.79. The number of dihydropyridines is 1. The molecule has 0 aromatic heterocycles.